The van der Waals surface area contributed by atoms with Crippen molar-refractivity contribution in [3.05, 3.63) is 78.2 Å². The number of primary amides is 1. The standard InChI is InChI=1S/C23H19FN6O2/c1-13-20(21(25)31)32-14(2)30(13)17-8-9-19(24)18(10-17)22-27-23-26-11-16(12-29(23)28-22)15-6-4-3-5-7-15/h3-12,14H,1-2H3,(H2,25,31). The fourth-order valence-electron chi connectivity index (χ4n) is 3.84. The lowest BCUT2D eigenvalue weighted by molar-refractivity contribution is -0.118. The Kier molecular flexibility index (Phi) is 4.58. The fourth-order valence-corrected chi connectivity index (χ4v) is 3.84. The number of amides is 1. The molecule has 1 atom stereocenters. The summed E-state index contributed by atoms with van der Waals surface area (Å²) in [7, 11) is 0. The topological polar surface area (TPSA) is 98.6 Å². The molecule has 0 radical (unpaired) electrons. The third kappa shape index (κ3) is 3.24. The van der Waals surface area contributed by atoms with Crippen molar-refractivity contribution in [3.8, 4) is 22.5 Å². The number of nitrogens with two attached hydrogens (primary N) is 1. The van der Waals surface area contributed by atoms with Crippen LogP contribution >= 0.6 is 0 Å². The summed E-state index contributed by atoms with van der Waals surface area (Å²) >= 11 is 0. The van der Waals surface area contributed by atoms with Crippen LogP contribution in [0.4, 0.5) is 10.1 Å². The zero-order valence-corrected chi connectivity index (χ0v) is 17.4. The Morgan fingerprint density at radius 3 is 2.66 bits per heavy atom. The first kappa shape index (κ1) is 19.7. The summed E-state index contributed by atoms with van der Waals surface area (Å²) in [5, 5.41) is 4.45. The SMILES string of the molecule is CC1=C(C(N)=O)OC(C)N1c1ccc(F)c(-c2nc3ncc(-c4ccccc4)cn3n2)c1. The predicted octanol–water partition coefficient (Wildman–Crippen LogP) is 3.50. The van der Waals surface area contributed by atoms with E-state index in [-0.39, 0.29) is 17.1 Å². The number of ether oxygens (including phenoxy) is 1. The predicted molar refractivity (Wildman–Crippen MR) is 117 cm³/mol. The van der Waals surface area contributed by atoms with Crippen molar-refractivity contribution in [2.75, 3.05) is 4.90 Å². The van der Waals surface area contributed by atoms with Crippen LogP contribution in [0.1, 0.15) is 13.8 Å². The van der Waals surface area contributed by atoms with Crippen LogP contribution in [0.15, 0.2) is 72.4 Å². The molecule has 1 aliphatic rings. The molecule has 3 heterocycles. The monoisotopic (exact) mass is 430 g/mol. The highest BCUT2D eigenvalue weighted by Gasteiger charge is 2.32. The van der Waals surface area contributed by atoms with Gasteiger partial charge in [-0.3, -0.25) is 4.79 Å². The van der Waals surface area contributed by atoms with Gasteiger partial charge in [-0.05, 0) is 37.6 Å². The molecule has 2 aromatic carbocycles. The van der Waals surface area contributed by atoms with Gasteiger partial charge < -0.3 is 15.4 Å². The molecule has 160 valence electrons. The number of fused-ring (bicyclic) bond motifs is 1. The van der Waals surface area contributed by atoms with Gasteiger partial charge in [0.2, 0.25) is 5.76 Å². The highest BCUT2D eigenvalue weighted by atomic mass is 19.1. The van der Waals surface area contributed by atoms with Crippen molar-refractivity contribution >= 4 is 17.4 Å². The van der Waals surface area contributed by atoms with E-state index < -0.39 is 18.0 Å². The van der Waals surface area contributed by atoms with Crippen molar-refractivity contribution in [2.24, 2.45) is 5.73 Å². The quantitative estimate of drug-likeness (QED) is 0.532. The number of allylic oxidation sites excluding steroid dienone is 1. The van der Waals surface area contributed by atoms with Crippen LogP contribution < -0.4 is 10.6 Å². The van der Waals surface area contributed by atoms with Crippen molar-refractivity contribution in [2.45, 2.75) is 20.1 Å². The summed E-state index contributed by atoms with van der Waals surface area (Å²) in [4.78, 5) is 22.2. The fraction of sp³-hybridized carbons (Fsp3) is 0.130. The zero-order valence-electron chi connectivity index (χ0n) is 17.4. The number of hydrogen-bond acceptors (Lipinski definition) is 6. The number of nitrogens with zero attached hydrogens (tertiary/aromatic N) is 5. The number of carbonyl (C=O) groups is 1. The van der Waals surface area contributed by atoms with Gasteiger partial charge in [-0.15, -0.1) is 5.10 Å². The minimum atomic E-state index is -0.651. The Morgan fingerprint density at radius 1 is 1.16 bits per heavy atom. The van der Waals surface area contributed by atoms with Crippen LogP contribution in [-0.4, -0.2) is 31.7 Å². The number of aromatic nitrogens is 4. The maximum Gasteiger partial charge on any atom is 0.285 e. The summed E-state index contributed by atoms with van der Waals surface area (Å²) in [5.74, 6) is -0.480. The van der Waals surface area contributed by atoms with Crippen LogP contribution in [0.3, 0.4) is 0 Å². The molecule has 1 aliphatic heterocycles. The highest BCUT2D eigenvalue weighted by Crippen LogP contribution is 2.34. The zero-order chi connectivity index (χ0) is 22.4. The van der Waals surface area contributed by atoms with E-state index >= 15 is 0 Å². The minimum Gasteiger partial charge on any atom is -0.463 e. The first-order valence-corrected chi connectivity index (χ1v) is 9.96. The van der Waals surface area contributed by atoms with E-state index in [4.69, 9.17) is 10.5 Å². The number of anilines is 1. The Labute approximate surface area is 182 Å². The summed E-state index contributed by atoms with van der Waals surface area (Å²) in [5.41, 5.74) is 8.64. The first-order chi connectivity index (χ1) is 15.4. The highest BCUT2D eigenvalue weighted by molar-refractivity contribution is 5.92. The second-order valence-corrected chi connectivity index (χ2v) is 7.42. The average Bonchev–Trinajstić information content (AvgIpc) is 3.34. The molecular weight excluding hydrogens is 411 g/mol. The third-order valence-electron chi connectivity index (χ3n) is 5.34. The van der Waals surface area contributed by atoms with E-state index in [0.29, 0.717) is 17.2 Å². The van der Waals surface area contributed by atoms with Crippen molar-refractivity contribution in [1.82, 2.24) is 19.6 Å². The molecule has 2 N–H and O–H groups in total. The molecule has 1 amide bonds. The van der Waals surface area contributed by atoms with Gasteiger partial charge in [0.05, 0.1) is 11.3 Å². The van der Waals surface area contributed by atoms with E-state index in [1.165, 1.54) is 10.6 Å². The lowest BCUT2D eigenvalue weighted by atomic mass is 10.1. The summed E-state index contributed by atoms with van der Waals surface area (Å²) in [6.07, 6.45) is 3.04. The molecule has 8 nitrogen and oxygen atoms in total. The maximum atomic E-state index is 14.8. The number of rotatable bonds is 4. The largest absolute Gasteiger partial charge is 0.463 e. The molecule has 0 saturated carbocycles. The average molecular weight is 430 g/mol. The third-order valence-corrected chi connectivity index (χ3v) is 5.34. The second-order valence-electron chi connectivity index (χ2n) is 7.42. The Bertz CT molecular complexity index is 1380. The Hall–Kier alpha value is -4.27. The van der Waals surface area contributed by atoms with Crippen molar-refractivity contribution in [3.63, 3.8) is 0 Å². The summed E-state index contributed by atoms with van der Waals surface area (Å²) in [6.45, 7) is 3.51. The lowest BCUT2D eigenvalue weighted by Gasteiger charge is -2.24. The van der Waals surface area contributed by atoms with Crippen LogP contribution in [0.25, 0.3) is 28.3 Å². The lowest BCUT2D eigenvalue weighted by Crippen LogP contribution is -2.27. The van der Waals surface area contributed by atoms with Gasteiger partial charge >= 0.3 is 0 Å². The molecule has 9 heteroatoms. The van der Waals surface area contributed by atoms with E-state index in [1.54, 1.807) is 43.3 Å². The minimum absolute atomic E-state index is 0.0897. The van der Waals surface area contributed by atoms with E-state index in [9.17, 15) is 9.18 Å². The van der Waals surface area contributed by atoms with E-state index in [0.717, 1.165) is 11.1 Å². The smallest absolute Gasteiger partial charge is 0.285 e. The molecule has 0 spiro atoms. The number of benzene rings is 2. The molecule has 0 saturated heterocycles. The molecule has 0 aliphatic carbocycles. The summed E-state index contributed by atoms with van der Waals surface area (Å²) in [6, 6.07) is 14.3. The van der Waals surface area contributed by atoms with Crippen LogP contribution in [0.2, 0.25) is 0 Å². The molecule has 32 heavy (non-hydrogen) atoms. The Morgan fingerprint density at radius 2 is 1.94 bits per heavy atom. The molecule has 5 rings (SSSR count). The van der Waals surface area contributed by atoms with E-state index in [1.807, 2.05) is 30.3 Å². The van der Waals surface area contributed by atoms with Crippen LogP contribution in [0.5, 0.6) is 0 Å². The summed E-state index contributed by atoms with van der Waals surface area (Å²) < 4.78 is 21.9. The van der Waals surface area contributed by atoms with Gasteiger partial charge in [0, 0.05) is 23.6 Å². The van der Waals surface area contributed by atoms with Gasteiger partial charge in [0.15, 0.2) is 12.1 Å². The maximum absolute atomic E-state index is 14.8. The number of carbonyl (C=O) groups excluding carboxylic acids is 1. The van der Waals surface area contributed by atoms with Gasteiger partial charge in [0.25, 0.3) is 11.7 Å². The van der Waals surface area contributed by atoms with Crippen LogP contribution in [0, 0.1) is 5.82 Å². The van der Waals surface area contributed by atoms with Gasteiger partial charge in [-0.2, -0.15) is 4.98 Å². The molecule has 1 unspecified atom stereocenters. The van der Waals surface area contributed by atoms with Crippen molar-refractivity contribution < 1.29 is 13.9 Å². The van der Waals surface area contributed by atoms with Crippen molar-refractivity contribution in [1.29, 1.82) is 0 Å². The normalized spacial score (nSPS) is 16.0. The van der Waals surface area contributed by atoms with Crippen LogP contribution in [-0.2, 0) is 9.53 Å². The number of halogens is 1. The number of hydrogen-bond donors (Lipinski definition) is 1. The van der Waals surface area contributed by atoms with E-state index in [2.05, 4.69) is 15.1 Å². The second kappa shape index (κ2) is 7.45. The van der Waals surface area contributed by atoms with Gasteiger partial charge in [-0.1, -0.05) is 30.3 Å². The van der Waals surface area contributed by atoms with Gasteiger partial charge in [-0.25, -0.2) is 13.9 Å². The molecule has 0 bridgehead atoms. The molecule has 4 aromatic rings. The van der Waals surface area contributed by atoms with Gasteiger partial charge in [0.1, 0.15) is 5.82 Å². The molecular formula is C23H19FN6O2. The molecule has 0 fully saturated rings. The Balaban J connectivity index is 1.56. The molecule has 2 aromatic heterocycles. The first-order valence-electron chi connectivity index (χ1n) is 9.96.